The molecule has 23 heavy (non-hydrogen) atoms. The Hall–Kier alpha value is -1.29. The number of hydrogen-bond donors (Lipinski definition) is 3. The number of guanidine groups is 1. The van der Waals surface area contributed by atoms with E-state index in [1.165, 1.54) is 0 Å². The fourth-order valence-electron chi connectivity index (χ4n) is 1.66. The molecule has 0 aliphatic rings. The SMILES string of the molecule is CCCNC(=O)CNC(=NC)NCCCOCc1ccco1.I. The van der Waals surface area contributed by atoms with Crippen molar-refractivity contribution in [3.8, 4) is 0 Å². The summed E-state index contributed by atoms with van der Waals surface area (Å²) in [7, 11) is 1.67. The van der Waals surface area contributed by atoms with Crippen LogP contribution in [-0.2, 0) is 16.1 Å². The number of carbonyl (C=O) groups excluding carboxylic acids is 1. The lowest BCUT2D eigenvalue weighted by Crippen LogP contribution is -2.43. The van der Waals surface area contributed by atoms with Gasteiger partial charge in [0.1, 0.15) is 12.4 Å². The number of nitrogens with zero attached hydrogens (tertiary/aromatic N) is 1. The van der Waals surface area contributed by atoms with Crippen molar-refractivity contribution < 1.29 is 13.9 Å². The van der Waals surface area contributed by atoms with Gasteiger partial charge >= 0.3 is 0 Å². The Labute approximate surface area is 154 Å². The van der Waals surface area contributed by atoms with Gasteiger partial charge in [0.2, 0.25) is 5.91 Å². The lowest BCUT2D eigenvalue weighted by Gasteiger charge is -2.11. The van der Waals surface area contributed by atoms with Gasteiger partial charge in [-0.2, -0.15) is 0 Å². The number of aliphatic imine (C=N–C) groups is 1. The predicted octanol–water partition coefficient (Wildman–Crippen LogP) is 1.50. The van der Waals surface area contributed by atoms with E-state index in [1.807, 2.05) is 19.1 Å². The Kier molecular flexibility index (Phi) is 13.5. The van der Waals surface area contributed by atoms with Crippen molar-refractivity contribution in [1.82, 2.24) is 16.0 Å². The minimum absolute atomic E-state index is 0. The number of hydrogen-bond acceptors (Lipinski definition) is 4. The highest BCUT2D eigenvalue weighted by Gasteiger charge is 2.02. The summed E-state index contributed by atoms with van der Waals surface area (Å²) in [5.41, 5.74) is 0. The van der Waals surface area contributed by atoms with Gasteiger partial charge in [-0.3, -0.25) is 9.79 Å². The van der Waals surface area contributed by atoms with Crippen LogP contribution in [0.4, 0.5) is 0 Å². The second-order valence-corrected chi connectivity index (χ2v) is 4.69. The maximum absolute atomic E-state index is 11.5. The molecule has 0 bridgehead atoms. The van der Waals surface area contributed by atoms with Gasteiger partial charge < -0.3 is 25.1 Å². The van der Waals surface area contributed by atoms with Crippen LogP contribution < -0.4 is 16.0 Å². The van der Waals surface area contributed by atoms with Crippen molar-refractivity contribution >= 4 is 35.8 Å². The van der Waals surface area contributed by atoms with Gasteiger partial charge in [-0.05, 0) is 25.0 Å². The van der Waals surface area contributed by atoms with Gasteiger partial charge in [-0.1, -0.05) is 6.92 Å². The van der Waals surface area contributed by atoms with Crippen LogP contribution in [-0.4, -0.2) is 45.2 Å². The van der Waals surface area contributed by atoms with Crippen molar-refractivity contribution in [2.45, 2.75) is 26.4 Å². The monoisotopic (exact) mass is 438 g/mol. The first-order valence-electron chi connectivity index (χ1n) is 7.57. The highest BCUT2D eigenvalue weighted by molar-refractivity contribution is 14.0. The minimum atomic E-state index is -0.0356. The molecule has 132 valence electrons. The van der Waals surface area contributed by atoms with Crippen LogP contribution in [0.2, 0.25) is 0 Å². The zero-order chi connectivity index (χ0) is 16.0. The van der Waals surface area contributed by atoms with Gasteiger partial charge in [0.05, 0.1) is 12.8 Å². The van der Waals surface area contributed by atoms with E-state index in [4.69, 9.17) is 9.15 Å². The Balaban J connectivity index is 0.00000484. The normalized spacial score (nSPS) is 10.8. The Bertz CT molecular complexity index is 438. The molecular weight excluding hydrogens is 411 g/mol. The number of carbonyl (C=O) groups is 1. The predicted molar refractivity (Wildman–Crippen MR) is 101 cm³/mol. The first-order valence-corrected chi connectivity index (χ1v) is 7.57. The molecule has 1 heterocycles. The van der Waals surface area contributed by atoms with Crippen molar-refractivity contribution in [3.05, 3.63) is 24.2 Å². The Morgan fingerprint density at radius 3 is 2.78 bits per heavy atom. The molecule has 0 aromatic carbocycles. The van der Waals surface area contributed by atoms with E-state index < -0.39 is 0 Å². The molecule has 0 saturated carbocycles. The molecule has 8 heteroatoms. The molecule has 1 aromatic rings. The van der Waals surface area contributed by atoms with Gasteiger partial charge in [-0.15, -0.1) is 24.0 Å². The number of halogens is 1. The van der Waals surface area contributed by atoms with E-state index in [9.17, 15) is 4.79 Å². The third-order valence-electron chi connectivity index (χ3n) is 2.79. The van der Waals surface area contributed by atoms with Gasteiger partial charge in [-0.25, -0.2) is 0 Å². The highest BCUT2D eigenvalue weighted by atomic mass is 127. The van der Waals surface area contributed by atoms with Gasteiger partial charge in [0.25, 0.3) is 0 Å². The first kappa shape index (κ1) is 21.7. The topological polar surface area (TPSA) is 87.9 Å². The quantitative estimate of drug-likeness (QED) is 0.223. The molecule has 0 spiro atoms. The molecule has 0 saturated heterocycles. The standard InChI is InChI=1S/C15H26N4O3.HI/c1-3-7-17-14(20)11-19-15(16-2)18-8-5-9-21-12-13-6-4-10-22-13;/h4,6,10H,3,5,7-9,11-12H2,1-2H3,(H,17,20)(H2,16,18,19);1H. The summed E-state index contributed by atoms with van der Waals surface area (Å²) in [5, 5.41) is 8.89. The lowest BCUT2D eigenvalue weighted by molar-refractivity contribution is -0.120. The van der Waals surface area contributed by atoms with Crippen molar-refractivity contribution in [2.24, 2.45) is 4.99 Å². The number of rotatable bonds is 10. The summed E-state index contributed by atoms with van der Waals surface area (Å²) in [6.07, 6.45) is 3.40. The molecule has 0 fully saturated rings. The second kappa shape index (κ2) is 14.3. The minimum Gasteiger partial charge on any atom is -0.467 e. The third kappa shape index (κ3) is 11.0. The summed E-state index contributed by atoms with van der Waals surface area (Å²) in [5.74, 6) is 1.40. The summed E-state index contributed by atoms with van der Waals surface area (Å²) in [6, 6.07) is 3.72. The zero-order valence-electron chi connectivity index (χ0n) is 13.8. The average molecular weight is 438 g/mol. The van der Waals surface area contributed by atoms with Crippen LogP contribution in [0.3, 0.4) is 0 Å². The summed E-state index contributed by atoms with van der Waals surface area (Å²) in [6.45, 7) is 4.75. The molecule has 0 atom stereocenters. The molecule has 1 aromatic heterocycles. The van der Waals surface area contributed by atoms with Crippen LogP contribution in [0.5, 0.6) is 0 Å². The fraction of sp³-hybridized carbons (Fsp3) is 0.600. The first-order chi connectivity index (χ1) is 10.8. The molecule has 0 aliphatic carbocycles. The molecule has 3 N–H and O–H groups in total. The zero-order valence-corrected chi connectivity index (χ0v) is 16.1. The molecule has 0 aliphatic heterocycles. The molecular formula is C15H27IN4O3. The number of amides is 1. The second-order valence-electron chi connectivity index (χ2n) is 4.69. The smallest absolute Gasteiger partial charge is 0.239 e. The Morgan fingerprint density at radius 1 is 1.30 bits per heavy atom. The van der Waals surface area contributed by atoms with Crippen LogP contribution in [0.1, 0.15) is 25.5 Å². The fourth-order valence-corrected chi connectivity index (χ4v) is 1.66. The molecule has 7 nitrogen and oxygen atoms in total. The number of nitrogens with one attached hydrogen (secondary N) is 3. The molecule has 0 unspecified atom stereocenters. The summed E-state index contributed by atoms with van der Waals surface area (Å²) >= 11 is 0. The van der Waals surface area contributed by atoms with E-state index in [1.54, 1.807) is 13.3 Å². The number of furan rings is 1. The summed E-state index contributed by atoms with van der Waals surface area (Å²) in [4.78, 5) is 15.5. The van der Waals surface area contributed by atoms with Crippen LogP contribution >= 0.6 is 24.0 Å². The van der Waals surface area contributed by atoms with E-state index in [-0.39, 0.29) is 36.4 Å². The van der Waals surface area contributed by atoms with E-state index in [2.05, 4.69) is 20.9 Å². The van der Waals surface area contributed by atoms with Crippen molar-refractivity contribution in [2.75, 3.05) is 33.3 Å². The molecule has 0 radical (unpaired) electrons. The average Bonchev–Trinajstić information content (AvgIpc) is 3.04. The highest BCUT2D eigenvalue weighted by Crippen LogP contribution is 2.01. The Morgan fingerprint density at radius 2 is 2.13 bits per heavy atom. The van der Waals surface area contributed by atoms with Crippen LogP contribution in [0.15, 0.2) is 27.8 Å². The maximum Gasteiger partial charge on any atom is 0.239 e. The van der Waals surface area contributed by atoms with E-state index >= 15 is 0 Å². The lowest BCUT2D eigenvalue weighted by atomic mass is 10.4. The number of ether oxygens (including phenoxy) is 1. The van der Waals surface area contributed by atoms with Crippen molar-refractivity contribution in [1.29, 1.82) is 0 Å². The molecule has 1 amide bonds. The van der Waals surface area contributed by atoms with E-state index in [0.717, 1.165) is 18.6 Å². The van der Waals surface area contributed by atoms with Crippen molar-refractivity contribution in [3.63, 3.8) is 0 Å². The van der Waals surface area contributed by atoms with Crippen LogP contribution in [0.25, 0.3) is 0 Å². The van der Waals surface area contributed by atoms with Gasteiger partial charge in [0.15, 0.2) is 5.96 Å². The molecule has 1 rings (SSSR count). The van der Waals surface area contributed by atoms with Gasteiger partial charge in [0, 0.05) is 26.7 Å². The maximum atomic E-state index is 11.5. The van der Waals surface area contributed by atoms with Crippen LogP contribution in [0, 0.1) is 0 Å². The van der Waals surface area contributed by atoms with E-state index in [0.29, 0.717) is 32.3 Å². The summed E-state index contributed by atoms with van der Waals surface area (Å²) < 4.78 is 10.6. The third-order valence-corrected chi connectivity index (χ3v) is 2.79. The largest absolute Gasteiger partial charge is 0.467 e.